The van der Waals surface area contributed by atoms with E-state index in [9.17, 15) is 22.8 Å². The van der Waals surface area contributed by atoms with Crippen molar-refractivity contribution in [2.24, 2.45) is 5.92 Å². The van der Waals surface area contributed by atoms with Gasteiger partial charge in [-0.3, -0.25) is 4.79 Å². The summed E-state index contributed by atoms with van der Waals surface area (Å²) in [6.45, 7) is 0.349. The Bertz CT molecular complexity index is 577. The SMILES string of the molecule is O=C(O)C1CCN(C(=O)Nc2cccc(OC(F)(F)F)c2)C1. The number of nitrogens with one attached hydrogen (secondary N) is 1. The molecule has 1 aliphatic rings. The van der Waals surface area contributed by atoms with Crippen molar-refractivity contribution in [3.05, 3.63) is 24.3 Å². The fraction of sp³-hybridized carbons (Fsp3) is 0.385. The Hall–Kier alpha value is -2.45. The number of halogens is 3. The summed E-state index contributed by atoms with van der Waals surface area (Å²) in [6, 6.07) is 4.30. The number of hydrogen-bond acceptors (Lipinski definition) is 3. The summed E-state index contributed by atoms with van der Waals surface area (Å²) < 4.78 is 40.1. The summed E-state index contributed by atoms with van der Waals surface area (Å²) in [7, 11) is 0. The highest BCUT2D eigenvalue weighted by molar-refractivity contribution is 5.90. The first-order chi connectivity index (χ1) is 10.2. The standard InChI is InChI=1S/C13H13F3N2O4/c14-13(15,16)22-10-3-1-2-9(6-10)17-12(21)18-5-4-8(7-18)11(19)20/h1-3,6,8H,4-5,7H2,(H,17,21)(H,19,20). The zero-order valence-corrected chi connectivity index (χ0v) is 11.3. The van der Waals surface area contributed by atoms with Gasteiger partial charge in [0, 0.05) is 24.8 Å². The number of benzene rings is 1. The van der Waals surface area contributed by atoms with Crippen LogP contribution in [0.4, 0.5) is 23.7 Å². The minimum absolute atomic E-state index is 0.0694. The van der Waals surface area contributed by atoms with Crippen molar-refractivity contribution in [1.29, 1.82) is 0 Å². The van der Waals surface area contributed by atoms with Crippen molar-refractivity contribution < 1.29 is 32.6 Å². The van der Waals surface area contributed by atoms with Gasteiger partial charge in [-0.2, -0.15) is 0 Å². The average Bonchev–Trinajstić information content (AvgIpc) is 2.86. The van der Waals surface area contributed by atoms with Gasteiger partial charge in [0.2, 0.25) is 0 Å². The molecule has 1 atom stereocenters. The van der Waals surface area contributed by atoms with E-state index in [1.807, 2.05) is 0 Å². The Morgan fingerprint density at radius 2 is 2.09 bits per heavy atom. The Labute approximate surface area is 123 Å². The summed E-state index contributed by atoms with van der Waals surface area (Å²) in [6.07, 6.45) is -4.47. The Kier molecular flexibility index (Phi) is 4.43. The molecule has 1 aliphatic heterocycles. The summed E-state index contributed by atoms with van der Waals surface area (Å²) in [5.41, 5.74) is 0.130. The molecule has 2 N–H and O–H groups in total. The number of ether oxygens (including phenoxy) is 1. The maximum atomic E-state index is 12.1. The number of aliphatic carboxylic acids is 1. The lowest BCUT2D eigenvalue weighted by molar-refractivity contribution is -0.274. The molecule has 120 valence electrons. The minimum Gasteiger partial charge on any atom is -0.481 e. The molecule has 2 amide bonds. The van der Waals surface area contributed by atoms with E-state index in [1.165, 1.54) is 17.0 Å². The zero-order chi connectivity index (χ0) is 16.3. The molecule has 0 bridgehead atoms. The number of likely N-dealkylation sites (tertiary alicyclic amines) is 1. The first kappa shape index (κ1) is 15.9. The van der Waals surface area contributed by atoms with Gasteiger partial charge < -0.3 is 20.1 Å². The lowest BCUT2D eigenvalue weighted by atomic mass is 10.1. The van der Waals surface area contributed by atoms with E-state index in [2.05, 4.69) is 10.1 Å². The van der Waals surface area contributed by atoms with E-state index in [0.29, 0.717) is 6.42 Å². The van der Waals surface area contributed by atoms with Gasteiger partial charge in [0.1, 0.15) is 5.75 Å². The molecule has 0 radical (unpaired) electrons. The zero-order valence-electron chi connectivity index (χ0n) is 11.3. The summed E-state index contributed by atoms with van der Waals surface area (Å²) in [5.74, 6) is -2.04. The normalized spacial score (nSPS) is 18.1. The lowest BCUT2D eigenvalue weighted by Crippen LogP contribution is -2.33. The molecule has 9 heteroatoms. The van der Waals surface area contributed by atoms with Crippen LogP contribution >= 0.6 is 0 Å². The van der Waals surface area contributed by atoms with Gasteiger partial charge in [0.05, 0.1) is 5.92 Å². The van der Waals surface area contributed by atoms with E-state index in [1.54, 1.807) is 0 Å². The molecule has 1 unspecified atom stereocenters. The van der Waals surface area contributed by atoms with E-state index < -0.39 is 30.0 Å². The molecule has 1 fully saturated rings. The van der Waals surface area contributed by atoms with E-state index >= 15 is 0 Å². The van der Waals surface area contributed by atoms with Crippen LogP contribution in [0.1, 0.15) is 6.42 Å². The van der Waals surface area contributed by atoms with Gasteiger partial charge in [-0.1, -0.05) is 6.07 Å². The number of nitrogens with zero attached hydrogens (tertiary/aromatic N) is 1. The third-order valence-corrected chi connectivity index (χ3v) is 3.14. The smallest absolute Gasteiger partial charge is 0.481 e. The molecule has 22 heavy (non-hydrogen) atoms. The second-order valence-electron chi connectivity index (χ2n) is 4.78. The van der Waals surface area contributed by atoms with E-state index in [-0.39, 0.29) is 18.8 Å². The number of carbonyl (C=O) groups excluding carboxylic acids is 1. The predicted octanol–water partition coefficient (Wildman–Crippen LogP) is 2.52. The minimum atomic E-state index is -4.81. The van der Waals surface area contributed by atoms with Gasteiger partial charge >= 0.3 is 18.4 Å². The van der Waals surface area contributed by atoms with Crippen LogP contribution in [0.15, 0.2) is 24.3 Å². The van der Waals surface area contributed by atoms with Gasteiger partial charge in [-0.05, 0) is 18.6 Å². The number of urea groups is 1. The van der Waals surface area contributed by atoms with Gasteiger partial charge in [-0.15, -0.1) is 13.2 Å². The van der Waals surface area contributed by atoms with Crippen LogP contribution in [-0.4, -0.2) is 41.5 Å². The van der Waals surface area contributed by atoms with Gasteiger partial charge in [-0.25, -0.2) is 4.79 Å². The van der Waals surface area contributed by atoms with Crippen molar-refractivity contribution in [3.8, 4) is 5.75 Å². The third-order valence-electron chi connectivity index (χ3n) is 3.14. The van der Waals surface area contributed by atoms with Crippen LogP contribution in [0, 0.1) is 5.92 Å². The maximum absolute atomic E-state index is 12.1. The molecule has 1 aromatic rings. The Morgan fingerprint density at radius 1 is 1.36 bits per heavy atom. The van der Waals surface area contributed by atoms with Crippen molar-refractivity contribution >= 4 is 17.7 Å². The van der Waals surface area contributed by atoms with Crippen LogP contribution in [0.2, 0.25) is 0 Å². The molecule has 1 heterocycles. The first-order valence-corrected chi connectivity index (χ1v) is 6.39. The topological polar surface area (TPSA) is 78.9 Å². The molecule has 1 saturated heterocycles. The highest BCUT2D eigenvalue weighted by Crippen LogP contribution is 2.25. The molecule has 1 aromatic carbocycles. The second kappa shape index (κ2) is 6.12. The fourth-order valence-electron chi connectivity index (χ4n) is 2.12. The van der Waals surface area contributed by atoms with Crippen molar-refractivity contribution in [1.82, 2.24) is 4.90 Å². The number of amides is 2. The highest BCUT2D eigenvalue weighted by Gasteiger charge is 2.32. The maximum Gasteiger partial charge on any atom is 0.573 e. The Balaban J connectivity index is 1.97. The molecule has 0 aromatic heterocycles. The molecule has 0 spiro atoms. The van der Waals surface area contributed by atoms with Crippen LogP contribution < -0.4 is 10.1 Å². The monoisotopic (exact) mass is 318 g/mol. The molecule has 0 aliphatic carbocycles. The quantitative estimate of drug-likeness (QED) is 0.897. The molecular weight excluding hydrogens is 305 g/mol. The van der Waals surface area contributed by atoms with Crippen LogP contribution in [-0.2, 0) is 4.79 Å². The number of carbonyl (C=O) groups is 2. The average molecular weight is 318 g/mol. The summed E-state index contributed by atoms with van der Waals surface area (Å²) in [4.78, 5) is 24.1. The molecule has 2 rings (SSSR count). The largest absolute Gasteiger partial charge is 0.573 e. The van der Waals surface area contributed by atoms with Crippen molar-refractivity contribution in [2.75, 3.05) is 18.4 Å². The van der Waals surface area contributed by atoms with Gasteiger partial charge in [0.25, 0.3) is 0 Å². The number of hydrogen-bond donors (Lipinski definition) is 2. The van der Waals surface area contributed by atoms with Crippen molar-refractivity contribution in [2.45, 2.75) is 12.8 Å². The Morgan fingerprint density at radius 3 is 2.68 bits per heavy atom. The third kappa shape index (κ3) is 4.27. The number of alkyl halides is 3. The summed E-state index contributed by atoms with van der Waals surface area (Å²) >= 11 is 0. The van der Waals surface area contributed by atoms with E-state index in [0.717, 1.165) is 12.1 Å². The molecule has 0 saturated carbocycles. The van der Waals surface area contributed by atoms with Crippen LogP contribution in [0.5, 0.6) is 5.75 Å². The molecular formula is C13H13F3N2O4. The number of rotatable bonds is 3. The first-order valence-electron chi connectivity index (χ1n) is 6.39. The second-order valence-corrected chi connectivity index (χ2v) is 4.78. The van der Waals surface area contributed by atoms with Crippen LogP contribution in [0.3, 0.4) is 0 Å². The summed E-state index contributed by atoms with van der Waals surface area (Å²) in [5, 5.41) is 11.3. The highest BCUT2D eigenvalue weighted by atomic mass is 19.4. The number of anilines is 1. The molecule has 6 nitrogen and oxygen atoms in total. The predicted molar refractivity (Wildman–Crippen MR) is 69.5 cm³/mol. The van der Waals surface area contributed by atoms with Crippen molar-refractivity contribution in [3.63, 3.8) is 0 Å². The van der Waals surface area contributed by atoms with E-state index in [4.69, 9.17) is 5.11 Å². The lowest BCUT2D eigenvalue weighted by Gasteiger charge is -2.17. The number of carboxylic acids is 1. The van der Waals surface area contributed by atoms with Gasteiger partial charge in [0.15, 0.2) is 0 Å². The number of carboxylic acid groups (broad SMARTS) is 1. The van der Waals surface area contributed by atoms with Crippen LogP contribution in [0.25, 0.3) is 0 Å². The fourth-order valence-corrected chi connectivity index (χ4v) is 2.12.